The van der Waals surface area contributed by atoms with Crippen molar-refractivity contribution >= 4 is 49.3 Å². The van der Waals surface area contributed by atoms with Gasteiger partial charge < -0.3 is 14.9 Å². The molecule has 2 heterocycles. The zero-order chi connectivity index (χ0) is 23.7. The minimum atomic E-state index is -0.826. The maximum atomic E-state index is 4.93. The van der Waals surface area contributed by atoms with Crippen molar-refractivity contribution in [1.82, 2.24) is 0 Å². The Morgan fingerprint density at radius 1 is 0.794 bits per heavy atom. The van der Waals surface area contributed by atoms with Gasteiger partial charge >= 0.3 is 37.9 Å². The van der Waals surface area contributed by atoms with E-state index in [9.17, 15) is 0 Å². The molecule has 0 aromatic heterocycles. The van der Waals surface area contributed by atoms with Gasteiger partial charge in [-0.05, 0) is 95.8 Å². The summed E-state index contributed by atoms with van der Waals surface area (Å²) in [6.45, 7) is 19.6. The van der Waals surface area contributed by atoms with Crippen molar-refractivity contribution in [1.29, 1.82) is 0 Å². The van der Waals surface area contributed by atoms with Crippen LogP contribution in [-0.2, 0) is 20.8 Å². The third-order valence-electron chi connectivity index (χ3n) is 9.18. The Bertz CT molecular complexity index is 668. The third-order valence-corrected chi connectivity index (χ3v) is 14.9. The van der Waals surface area contributed by atoms with Gasteiger partial charge in [0, 0.05) is 19.3 Å². The van der Waals surface area contributed by atoms with Gasteiger partial charge in [0.2, 0.25) is 0 Å². The number of allylic oxidation sites excluding steroid dienone is 4. The van der Waals surface area contributed by atoms with E-state index in [1.807, 2.05) is 0 Å². The van der Waals surface area contributed by atoms with Crippen molar-refractivity contribution in [3.63, 3.8) is 0 Å². The summed E-state index contributed by atoms with van der Waals surface area (Å²) >= 11 is 3.54. The molecule has 0 N–H and O–H groups in total. The monoisotopic (exact) mass is 638 g/mol. The van der Waals surface area contributed by atoms with Crippen LogP contribution >= 0.6 is 40.5 Å². The standard InChI is InChI=1S/C13H20S2Si.C13H24.2CH3.2ClH.Zr/c1-7-5-9-10-6-8(2)15-12(10)13(16(3)4)11(9)14-7;1-8-5-10(3)12-7-9(2)11(4)13(12)6-8;;;;;/h5-6,9-13,16H,1-4H3;8-13H,5-7H2,1-4H3;2*1H3;2*1H;/q;;2*-1;;;+4/p-2. The second-order valence-corrected chi connectivity index (χ2v) is 21.6. The number of halogens is 2. The van der Waals surface area contributed by atoms with E-state index in [0.717, 1.165) is 63.4 Å². The molecule has 10 atom stereocenters. The molecule has 10 unspecified atom stereocenters. The van der Waals surface area contributed by atoms with E-state index in [2.05, 4.69) is 90.3 Å². The fraction of sp³-hybridized carbons (Fsp3) is 0.786. The average molecular weight is 641 g/mol. The molecule has 2 aliphatic heterocycles. The molecular weight excluding hydrogens is 591 g/mol. The van der Waals surface area contributed by atoms with Crippen molar-refractivity contribution in [3.8, 4) is 0 Å². The van der Waals surface area contributed by atoms with E-state index >= 15 is 0 Å². The Morgan fingerprint density at radius 3 is 1.71 bits per heavy atom. The van der Waals surface area contributed by atoms with Crippen LogP contribution in [0.5, 0.6) is 0 Å². The van der Waals surface area contributed by atoms with Crippen LogP contribution in [0.1, 0.15) is 60.8 Å². The second kappa shape index (κ2) is 14.9. The van der Waals surface area contributed by atoms with Crippen LogP contribution in [0.2, 0.25) is 18.6 Å². The molecule has 3 aliphatic carbocycles. The van der Waals surface area contributed by atoms with Gasteiger partial charge in [-0.15, -0.1) is 23.5 Å². The number of thioether (sulfide) groups is 2. The first-order valence-corrected chi connectivity index (χ1v) is 23.8. The summed E-state index contributed by atoms with van der Waals surface area (Å²) in [7, 11) is 9.33. The summed E-state index contributed by atoms with van der Waals surface area (Å²) in [5.74, 6) is 7.83. The minimum absolute atomic E-state index is 0. The van der Waals surface area contributed by atoms with Gasteiger partial charge in [-0.25, -0.2) is 0 Å². The molecule has 5 aliphatic rings. The van der Waals surface area contributed by atoms with Crippen molar-refractivity contribution in [2.24, 2.45) is 47.3 Å². The summed E-state index contributed by atoms with van der Waals surface area (Å²) < 4.78 is 0. The zero-order valence-electron chi connectivity index (χ0n) is 23.3. The molecule has 6 heteroatoms. The molecule has 0 aromatic carbocycles. The van der Waals surface area contributed by atoms with Gasteiger partial charge in [-0.3, -0.25) is 0 Å². The molecule has 0 spiro atoms. The zero-order valence-corrected chi connectivity index (χ0v) is 30.0. The van der Waals surface area contributed by atoms with E-state index in [0.29, 0.717) is 0 Å². The van der Waals surface area contributed by atoms with Gasteiger partial charge in [0.25, 0.3) is 0 Å². The van der Waals surface area contributed by atoms with E-state index in [-0.39, 0.29) is 14.9 Å². The second-order valence-electron chi connectivity index (χ2n) is 11.7. The molecule has 3 fully saturated rings. The Balaban J connectivity index is 0.000000294. The molecule has 0 saturated heterocycles. The van der Waals surface area contributed by atoms with Crippen LogP contribution in [0.3, 0.4) is 0 Å². The fourth-order valence-electron chi connectivity index (χ4n) is 7.72. The summed E-state index contributed by atoms with van der Waals surface area (Å²) in [4.78, 5) is 3.16. The molecule has 5 rings (SSSR count). The van der Waals surface area contributed by atoms with Gasteiger partial charge in [0.15, 0.2) is 0 Å². The number of fused-ring (bicyclic) bond motifs is 4. The van der Waals surface area contributed by atoms with Crippen LogP contribution < -0.4 is 0 Å². The molecule has 0 nitrogen and oxygen atoms in total. The Labute approximate surface area is 242 Å². The van der Waals surface area contributed by atoms with Crippen molar-refractivity contribution in [2.75, 3.05) is 0 Å². The molecule has 0 radical (unpaired) electrons. The first-order chi connectivity index (χ1) is 15.1. The van der Waals surface area contributed by atoms with Crippen molar-refractivity contribution in [3.05, 3.63) is 36.8 Å². The molecular formula is C28H50Cl2S2SiZr. The van der Waals surface area contributed by atoms with Crippen LogP contribution in [0.15, 0.2) is 22.0 Å². The quantitative estimate of drug-likeness (QED) is 0.207. The van der Waals surface area contributed by atoms with E-state index < -0.39 is 29.6 Å². The van der Waals surface area contributed by atoms with E-state index in [4.69, 9.17) is 17.0 Å². The summed E-state index contributed by atoms with van der Waals surface area (Å²) in [5.41, 5.74) is 1.03. The van der Waals surface area contributed by atoms with Gasteiger partial charge in [0.1, 0.15) is 0 Å². The molecule has 0 amide bonds. The molecule has 196 valence electrons. The topological polar surface area (TPSA) is 0 Å². The first kappa shape index (κ1) is 33.9. The SMILES string of the molecule is CC1=CC2C3C=C(C)SC3C([SiH](C)C)C2S1.CC1CC(C)C2CC(C)C(C)C2C1.[CH3-].[CH3-].[Cl][Zr+2][Cl]. The van der Waals surface area contributed by atoms with E-state index in [1.54, 1.807) is 9.81 Å². The van der Waals surface area contributed by atoms with Gasteiger partial charge in [0.05, 0.1) is 0 Å². The average Bonchev–Trinajstić information content (AvgIpc) is 3.39. The number of rotatable bonds is 1. The number of hydrogen-bond acceptors (Lipinski definition) is 2. The maximum absolute atomic E-state index is 4.93. The predicted octanol–water partition coefficient (Wildman–Crippen LogP) is 10.4. The summed E-state index contributed by atoms with van der Waals surface area (Å²) in [5, 5.41) is 1.86. The normalized spacial score (nSPS) is 43.3. The van der Waals surface area contributed by atoms with Crippen LogP contribution in [-0.4, -0.2) is 19.3 Å². The number of hydrogen-bond donors (Lipinski definition) is 0. The fourth-order valence-corrected chi connectivity index (χ4v) is 15.0. The first-order valence-electron chi connectivity index (χ1n) is 12.7. The van der Waals surface area contributed by atoms with Gasteiger partial charge in [-0.2, -0.15) is 0 Å². The molecule has 3 saturated carbocycles. The molecule has 34 heavy (non-hydrogen) atoms. The molecule has 0 aromatic rings. The van der Waals surface area contributed by atoms with Crippen molar-refractivity contribution < 1.29 is 20.8 Å². The third kappa shape index (κ3) is 7.49. The van der Waals surface area contributed by atoms with Gasteiger partial charge in [-0.1, -0.05) is 52.9 Å². The predicted molar refractivity (Wildman–Crippen MR) is 162 cm³/mol. The van der Waals surface area contributed by atoms with Crippen LogP contribution in [0.25, 0.3) is 0 Å². The Hall–Kier alpha value is 1.86. The summed E-state index contributed by atoms with van der Waals surface area (Å²) in [6, 6.07) is 0. The molecule has 0 bridgehead atoms. The summed E-state index contributed by atoms with van der Waals surface area (Å²) in [6.07, 6.45) is 9.65. The van der Waals surface area contributed by atoms with E-state index in [1.165, 1.54) is 19.3 Å². The van der Waals surface area contributed by atoms with Crippen LogP contribution in [0, 0.1) is 62.2 Å². The Morgan fingerprint density at radius 2 is 1.26 bits per heavy atom. The van der Waals surface area contributed by atoms with Crippen LogP contribution in [0.4, 0.5) is 0 Å². The Kier molecular flexibility index (Phi) is 14.8. The van der Waals surface area contributed by atoms with Crippen molar-refractivity contribution in [2.45, 2.75) is 89.9 Å².